The van der Waals surface area contributed by atoms with Crippen LogP contribution in [0.3, 0.4) is 0 Å². The quantitative estimate of drug-likeness (QED) is 0.434. The molecule has 192 valence electrons. The monoisotopic (exact) mass is 514 g/mol. The molecule has 0 aromatic heterocycles. The largest absolute Gasteiger partial charge is 0.435 e. The molecule has 0 spiro atoms. The molecule has 3 rings (SSSR count). The third-order valence-electron chi connectivity index (χ3n) is 5.72. The Hall–Kier alpha value is -3.63. The second kappa shape index (κ2) is 9.79. The summed E-state index contributed by atoms with van der Waals surface area (Å²) in [6.07, 6.45) is -12.8. The lowest BCUT2D eigenvalue weighted by molar-refractivity contribution is -0.327. The van der Waals surface area contributed by atoms with Crippen molar-refractivity contribution in [2.24, 2.45) is 5.92 Å². The number of halogens is 7. The van der Waals surface area contributed by atoms with Crippen molar-refractivity contribution in [2.75, 3.05) is 5.32 Å². The van der Waals surface area contributed by atoms with E-state index in [4.69, 9.17) is 0 Å². The lowest BCUT2D eigenvalue weighted by Gasteiger charge is -2.36. The number of benzene rings is 2. The summed E-state index contributed by atoms with van der Waals surface area (Å²) in [5.41, 5.74) is -6.30. The Balaban J connectivity index is 1.84. The van der Waals surface area contributed by atoms with Gasteiger partial charge in [-0.3, -0.25) is 9.59 Å². The zero-order valence-electron chi connectivity index (χ0n) is 19.0. The molecule has 11 heteroatoms. The maximum Gasteiger partial charge on any atom is 0.435 e. The van der Waals surface area contributed by atoms with Gasteiger partial charge in [0.15, 0.2) is 0 Å². The van der Waals surface area contributed by atoms with E-state index in [1.807, 2.05) is 0 Å². The van der Waals surface area contributed by atoms with Gasteiger partial charge in [-0.05, 0) is 54.8 Å². The lowest BCUT2D eigenvalue weighted by Crippen LogP contribution is -2.55. The molecular formula is C25H21F7N2O2. The molecule has 0 radical (unpaired) electrons. The molecule has 36 heavy (non-hydrogen) atoms. The van der Waals surface area contributed by atoms with Crippen LogP contribution in [0.15, 0.2) is 77.5 Å². The van der Waals surface area contributed by atoms with Crippen LogP contribution in [-0.4, -0.2) is 29.8 Å². The molecule has 0 bridgehead atoms. The molecule has 0 fully saturated rings. The first kappa shape index (κ1) is 27.0. The Kier molecular flexibility index (Phi) is 7.33. The first-order valence-electron chi connectivity index (χ1n) is 10.7. The fourth-order valence-corrected chi connectivity index (χ4v) is 3.93. The van der Waals surface area contributed by atoms with Crippen molar-refractivity contribution in [3.05, 3.63) is 88.6 Å². The minimum atomic E-state index is -6.21. The summed E-state index contributed by atoms with van der Waals surface area (Å²) < 4.78 is 93.4. The van der Waals surface area contributed by atoms with Gasteiger partial charge in [-0.2, -0.15) is 26.3 Å². The number of allylic oxidation sites excluding steroid dienone is 4. The van der Waals surface area contributed by atoms with Gasteiger partial charge < -0.3 is 10.6 Å². The second-order valence-electron chi connectivity index (χ2n) is 8.38. The molecule has 0 aliphatic heterocycles. The number of rotatable bonds is 5. The molecule has 2 N–H and O–H groups in total. The van der Waals surface area contributed by atoms with E-state index in [1.165, 1.54) is 38.1 Å². The Labute approximate surface area is 201 Å². The Morgan fingerprint density at radius 3 is 1.92 bits per heavy atom. The third kappa shape index (κ3) is 5.29. The maximum atomic E-state index is 14.5. The van der Waals surface area contributed by atoms with Crippen molar-refractivity contribution >= 4 is 17.5 Å². The van der Waals surface area contributed by atoms with E-state index >= 15 is 0 Å². The highest BCUT2D eigenvalue weighted by Crippen LogP contribution is 2.53. The van der Waals surface area contributed by atoms with Crippen molar-refractivity contribution in [3.63, 3.8) is 0 Å². The van der Waals surface area contributed by atoms with Crippen molar-refractivity contribution in [1.29, 1.82) is 0 Å². The number of nitrogens with one attached hydrogen (secondary N) is 2. The van der Waals surface area contributed by atoms with Gasteiger partial charge in [0, 0.05) is 28.4 Å². The topological polar surface area (TPSA) is 58.2 Å². The van der Waals surface area contributed by atoms with Crippen LogP contribution in [0.1, 0.15) is 41.0 Å². The van der Waals surface area contributed by atoms with Gasteiger partial charge in [-0.15, -0.1) is 0 Å². The van der Waals surface area contributed by atoms with Crippen LogP contribution in [0.5, 0.6) is 0 Å². The van der Waals surface area contributed by atoms with Crippen LogP contribution in [-0.2, 0) is 0 Å². The van der Waals surface area contributed by atoms with Crippen LogP contribution in [0.25, 0.3) is 0 Å². The maximum absolute atomic E-state index is 14.5. The fourth-order valence-electron chi connectivity index (χ4n) is 3.93. The molecule has 2 aromatic carbocycles. The van der Waals surface area contributed by atoms with E-state index in [1.54, 1.807) is 30.3 Å². The normalized spacial score (nSPS) is 16.9. The van der Waals surface area contributed by atoms with Crippen LogP contribution in [0, 0.1) is 5.92 Å². The van der Waals surface area contributed by atoms with E-state index in [0.717, 1.165) is 0 Å². The van der Waals surface area contributed by atoms with Gasteiger partial charge in [0.05, 0.1) is 0 Å². The molecule has 1 aliphatic carbocycles. The highest BCUT2D eigenvalue weighted by molar-refractivity contribution is 6.05. The summed E-state index contributed by atoms with van der Waals surface area (Å²) >= 11 is 0. The minimum absolute atomic E-state index is 0.0640. The van der Waals surface area contributed by atoms with Crippen molar-refractivity contribution in [2.45, 2.75) is 38.3 Å². The zero-order valence-corrected chi connectivity index (χ0v) is 19.0. The SMILES string of the molecule is CC1=C(NC(=O)c2cccc(NC(=O)c3ccccc3)c2)C(C)CC(C(F)(C(F)(F)F)C(F)(F)F)=C1. The summed E-state index contributed by atoms with van der Waals surface area (Å²) in [7, 11) is 0. The zero-order chi connectivity index (χ0) is 26.9. The van der Waals surface area contributed by atoms with Crippen molar-refractivity contribution in [3.8, 4) is 0 Å². The number of alkyl halides is 7. The average Bonchev–Trinajstić information content (AvgIpc) is 2.79. The van der Waals surface area contributed by atoms with E-state index in [2.05, 4.69) is 10.6 Å². The Bertz CT molecular complexity index is 1200. The molecule has 2 amide bonds. The van der Waals surface area contributed by atoms with Gasteiger partial charge >= 0.3 is 18.0 Å². The summed E-state index contributed by atoms with van der Waals surface area (Å²) in [6, 6.07) is 14.1. The number of carbonyl (C=O) groups excluding carboxylic acids is 2. The second-order valence-corrected chi connectivity index (χ2v) is 8.38. The molecule has 0 heterocycles. The molecule has 1 aliphatic rings. The molecule has 1 unspecified atom stereocenters. The summed E-state index contributed by atoms with van der Waals surface area (Å²) in [6.45, 7) is 2.48. The molecule has 2 aromatic rings. The van der Waals surface area contributed by atoms with Gasteiger partial charge in [-0.25, -0.2) is 4.39 Å². The summed E-state index contributed by atoms with van der Waals surface area (Å²) in [5.74, 6) is -2.17. The van der Waals surface area contributed by atoms with Crippen LogP contribution in [0.4, 0.5) is 36.4 Å². The lowest BCUT2D eigenvalue weighted by atomic mass is 9.80. The summed E-state index contributed by atoms with van der Waals surface area (Å²) in [5, 5.41) is 5.12. The Morgan fingerprint density at radius 2 is 1.36 bits per heavy atom. The van der Waals surface area contributed by atoms with E-state index in [9.17, 15) is 40.3 Å². The van der Waals surface area contributed by atoms with E-state index < -0.39 is 47.7 Å². The number of hydrogen-bond acceptors (Lipinski definition) is 2. The number of hydrogen-bond donors (Lipinski definition) is 2. The third-order valence-corrected chi connectivity index (χ3v) is 5.72. The van der Waals surface area contributed by atoms with E-state index in [0.29, 0.717) is 17.3 Å². The number of amides is 2. The predicted octanol–water partition coefficient (Wildman–Crippen LogP) is 6.74. The van der Waals surface area contributed by atoms with Crippen LogP contribution < -0.4 is 10.6 Å². The highest BCUT2D eigenvalue weighted by Gasteiger charge is 2.74. The van der Waals surface area contributed by atoms with Crippen molar-refractivity contribution in [1.82, 2.24) is 5.32 Å². The average molecular weight is 514 g/mol. The van der Waals surface area contributed by atoms with Gasteiger partial charge in [0.25, 0.3) is 11.8 Å². The highest BCUT2D eigenvalue weighted by atomic mass is 19.4. The molecule has 0 saturated carbocycles. The Morgan fingerprint density at radius 1 is 0.806 bits per heavy atom. The van der Waals surface area contributed by atoms with Crippen LogP contribution in [0.2, 0.25) is 0 Å². The van der Waals surface area contributed by atoms with Gasteiger partial charge in [0.2, 0.25) is 0 Å². The first-order chi connectivity index (χ1) is 16.6. The first-order valence-corrected chi connectivity index (χ1v) is 10.7. The fraction of sp³-hybridized carbons (Fsp3) is 0.280. The smallest absolute Gasteiger partial charge is 0.325 e. The van der Waals surface area contributed by atoms with Crippen molar-refractivity contribution < 1.29 is 40.3 Å². The van der Waals surface area contributed by atoms with E-state index in [-0.39, 0.29) is 16.8 Å². The molecular weight excluding hydrogens is 493 g/mol. The van der Waals surface area contributed by atoms with Gasteiger partial charge in [-0.1, -0.05) is 37.3 Å². The molecule has 1 atom stereocenters. The predicted molar refractivity (Wildman–Crippen MR) is 119 cm³/mol. The van der Waals surface area contributed by atoms with Crippen LogP contribution >= 0.6 is 0 Å². The van der Waals surface area contributed by atoms with Gasteiger partial charge in [0.1, 0.15) is 0 Å². The summed E-state index contributed by atoms with van der Waals surface area (Å²) in [4.78, 5) is 25.1. The standard InChI is InChI=1S/C25H21F7N2O2/c1-14-11-18(23(26,24(27,28)29)25(30,31)32)12-15(2)20(14)34-22(36)17-9-6-10-19(13-17)33-21(35)16-7-4-3-5-8-16/h3-11,13,15H,12H2,1-2H3,(H,33,35)(H,34,36). The molecule has 4 nitrogen and oxygen atoms in total. The minimum Gasteiger partial charge on any atom is -0.325 e. The molecule has 0 saturated heterocycles. The number of carbonyl (C=O) groups is 2. The number of anilines is 1.